The minimum atomic E-state index is -0.875. The normalized spacial score (nSPS) is 13.9. The van der Waals surface area contributed by atoms with Gasteiger partial charge in [-0.05, 0) is 102 Å². The first kappa shape index (κ1) is 39.6. The summed E-state index contributed by atoms with van der Waals surface area (Å²) in [6.45, 7) is 26.2. The van der Waals surface area contributed by atoms with Crippen molar-refractivity contribution >= 4 is 24.1 Å². The van der Waals surface area contributed by atoms with E-state index in [0.29, 0.717) is 19.4 Å². The quantitative estimate of drug-likeness (QED) is 0.103. The van der Waals surface area contributed by atoms with Gasteiger partial charge in [-0.2, -0.15) is 0 Å². The zero-order valence-electron chi connectivity index (χ0n) is 28.2. The third kappa shape index (κ3) is 22.2. The van der Waals surface area contributed by atoms with Gasteiger partial charge in [-0.25, -0.2) is 9.59 Å². The molecule has 1 radical (unpaired) electrons. The van der Waals surface area contributed by atoms with Crippen molar-refractivity contribution in [3.8, 4) is 0 Å². The average Bonchev–Trinajstić information content (AvgIpc) is 2.73. The number of ether oxygens (including phenoxy) is 2. The number of nitrogens with one attached hydrogen (secondary N) is 3. The summed E-state index contributed by atoms with van der Waals surface area (Å²) in [4.78, 5) is 54.1. The molecule has 0 aliphatic heterocycles. The summed E-state index contributed by atoms with van der Waals surface area (Å²) in [5, 5.41) is 9.70. The van der Waals surface area contributed by atoms with Crippen LogP contribution in [0.25, 0.3) is 0 Å². The van der Waals surface area contributed by atoms with Gasteiger partial charge in [-0.15, -0.1) is 4.99 Å². The third-order valence-electron chi connectivity index (χ3n) is 4.67. The molecule has 0 saturated heterocycles. The van der Waals surface area contributed by atoms with Gasteiger partial charge in [0.2, 0.25) is 11.9 Å². The highest BCUT2D eigenvalue weighted by Gasteiger charge is 2.34. The van der Waals surface area contributed by atoms with E-state index in [4.69, 9.17) is 19.1 Å². The van der Waals surface area contributed by atoms with Gasteiger partial charge in [-0.1, -0.05) is 31.4 Å². The van der Waals surface area contributed by atoms with Crippen LogP contribution in [0.1, 0.15) is 122 Å². The predicted octanol–water partition coefficient (Wildman–Crippen LogP) is 5.81. The van der Waals surface area contributed by atoms with Crippen molar-refractivity contribution in [1.82, 2.24) is 21.2 Å². The SMILES string of the molecule is [CH2]CCCCCNC(=O)C(CCCNC(=NC(=O)OC(C)(C)C)NC(=O)OC(C)(C)C)N(OC(C)(C)C)OC(C)(C)C. The smallest absolute Gasteiger partial charge is 0.437 e. The molecule has 0 aliphatic carbocycles. The molecule has 0 saturated carbocycles. The minimum Gasteiger partial charge on any atom is -0.444 e. The lowest BCUT2D eigenvalue weighted by molar-refractivity contribution is -0.440. The van der Waals surface area contributed by atoms with E-state index < -0.39 is 40.6 Å². The fourth-order valence-corrected chi connectivity index (χ4v) is 3.22. The Bertz CT molecular complexity index is 849. The summed E-state index contributed by atoms with van der Waals surface area (Å²) in [6.07, 6.45) is 2.79. The van der Waals surface area contributed by atoms with Crippen molar-refractivity contribution in [2.24, 2.45) is 4.99 Å². The molecule has 1 atom stereocenters. The van der Waals surface area contributed by atoms with Gasteiger partial charge in [0, 0.05) is 13.1 Å². The molecule has 0 aromatic rings. The minimum absolute atomic E-state index is 0.126. The van der Waals surface area contributed by atoms with Crippen molar-refractivity contribution in [3.05, 3.63) is 6.92 Å². The van der Waals surface area contributed by atoms with Crippen LogP contribution in [0.2, 0.25) is 0 Å². The summed E-state index contributed by atoms with van der Waals surface area (Å²) in [7, 11) is 0. The van der Waals surface area contributed by atoms with Crippen molar-refractivity contribution in [3.63, 3.8) is 0 Å². The maximum Gasteiger partial charge on any atom is 0.437 e. The number of unbranched alkanes of at least 4 members (excludes halogenated alkanes) is 3. The van der Waals surface area contributed by atoms with Crippen LogP contribution >= 0.6 is 0 Å². The largest absolute Gasteiger partial charge is 0.444 e. The zero-order chi connectivity index (χ0) is 32.8. The molecule has 0 aliphatic rings. The summed E-state index contributed by atoms with van der Waals surface area (Å²) in [5.74, 6) is -0.355. The second-order valence-electron chi connectivity index (χ2n) is 14.1. The Labute approximate surface area is 253 Å². The van der Waals surface area contributed by atoms with Gasteiger partial charge in [0.15, 0.2) is 0 Å². The summed E-state index contributed by atoms with van der Waals surface area (Å²) in [5.41, 5.74) is -2.77. The van der Waals surface area contributed by atoms with Crippen LogP contribution in [-0.2, 0) is 23.9 Å². The molecular weight excluding hydrogens is 542 g/mol. The van der Waals surface area contributed by atoms with Crippen LogP contribution in [0.5, 0.6) is 0 Å². The second kappa shape index (κ2) is 17.6. The van der Waals surface area contributed by atoms with Gasteiger partial charge in [-0.3, -0.25) is 19.8 Å². The van der Waals surface area contributed by atoms with E-state index in [-0.39, 0.29) is 18.4 Å². The van der Waals surface area contributed by atoms with Gasteiger partial charge in [0.05, 0.1) is 11.2 Å². The fourth-order valence-electron chi connectivity index (χ4n) is 3.22. The van der Waals surface area contributed by atoms with Crippen LogP contribution in [0.4, 0.5) is 9.59 Å². The van der Waals surface area contributed by atoms with Gasteiger partial charge in [0.25, 0.3) is 0 Å². The number of nitrogens with zero attached hydrogens (tertiary/aromatic N) is 2. The molecule has 1 unspecified atom stereocenters. The highest BCUT2D eigenvalue weighted by Crippen LogP contribution is 2.22. The molecular formula is C30H58N5O7. The molecule has 3 N–H and O–H groups in total. The van der Waals surface area contributed by atoms with Crippen molar-refractivity contribution in [2.75, 3.05) is 13.1 Å². The first-order valence-corrected chi connectivity index (χ1v) is 14.8. The van der Waals surface area contributed by atoms with E-state index >= 15 is 0 Å². The lowest BCUT2D eigenvalue weighted by Crippen LogP contribution is -2.52. The van der Waals surface area contributed by atoms with Crippen LogP contribution in [-0.4, -0.2) is 70.8 Å². The first-order valence-electron chi connectivity index (χ1n) is 14.8. The molecule has 12 nitrogen and oxygen atoms in total. The average molecular weight is 601 g/mol. The molecule has 3 amide bonds. The molecule has 0 rings (SSSR count). The number of alkyl carbamates (subject to hydrolysis) is 1. The van der Waals surface area contributed by atoms with Crippen LogP contribution in [0.15, 0.2) is 4.99 Å². The zero-order valence-corrected chi connectivity index (χ0v) is 28.2. The first-order chi connectivity index (χ1) is 19.0. The Morgan fingerprint density at radius 1 is 0.714 bits per heavy atom. The monoisotopic (exact) mass is 600 g/mol. The third-order valence-corrected chi connectivity index (χ3v) is 4.67. The van der Waals surface area contributed by atoms with Crippen molar-refractivity contribution in [2.45, 2.75) is 150 Å². The molecule has 0 heterocycles. The number of rotatable bonds is 13. The number of aliphatic imine (C=N–C) groups is 1. The molecule has 0 fully saturated rings. The van der Waals surface area contributed by atoms with Crippen LogP contribution in [0.3, 0.4) is 0 Å². The number of hydrogen-bond acceptors (Lipinski definition) is 8. The van der Waals surface area contributed by atoms with Crippen LogP contribution < -0.4 is 16.0 Å². The molecule has 42 heavy (non-hydrogen) atoms. The summed E-state index contributed by atoms with van der Waals surface area (Å²) < 4.78 is 10.6. The predicted molar refractivity (Wildman–Crippen MR) is 164 cm³/mol. The molecule has 0 aromatic carbocycles. The van der Waals surface area contributed by atoms with Gasteiger partial charge < -0.3 is 20.1 Å². The van der Waals surface area contributed by atoms with E-state index in [1.54, 1.807) is 41.5 Å². The maximum atomic E-state index is 13.4. The standard InChI is InChI=1S/C30H58N5O7/c1-14-15-16-17-20-31-23(36)22(35(41-29(8,9)10)42-30(11,12)13)19-18-21-32-24(33-25(37)39-27(2,3)4)34-26(38)40-28(5,6)7/h22H,1,14-21H2,2-13H3,(H,31,36)(H2,32,33,34,37,38). The topological polar surface area (TPSA) is 140 Å². The maximum absolute atomic E-state index is 13.4. The second-order valence-corrected chi connectivity index (χ2v) is 14.1. The van der Waals surface area contributed by atoms with E-state index in [1.807, 2.05) is 41.5 Å². The Kier molecular flexibility index (Phi) is 16.6. The molecule has 0 bridgehead atoms. The van der Waals surface area contributed by atoms with Crippen molar-refractivity contribution in [1.29, 1.82) is 0 Å². The van der Waals surface area contributed by atoms with Crippen molar-refractivity contribution < 1.29 is 33.5 Å². The number of guanidine groups is 1. The van der Waals surface area contributed by atoms with E-state index in [0.717, 1.165) is 25.7 Å². The van der Waals surface area contributed by atoms with Crippen LogP contribution in [0, 0.1) is 6.92 Å². The lowest BCUT2D eigenvalue weighted by Gasteiger charge is -2.37. The number of hydroxylamine groups is 2. The molecule has 12 heteroatoms. The summed E-state index contributed by atoms with van der Waals surface area (Å²) >= 11 is 0. The Balaban J connectivity index is 5.74. The fraction of sp³-hybridized carbons (Fsp3) is 0.833. The van der Waals surface area contributed by atoms with Gasteiger partial charge >= 0.3 is 12.2 Å². The number of carbonyl (C=O) groups excluding carboxylic acids is 3. The highest BCUT2D eigenvalue weighted by molar-refractivity contribution is 5.98. The Morgan fingerprint density at radius 3 is 1.71 bits per heavy atom. The number of amides is 3. The van der Waals surface area contributed by atoms with E-state index in [1.165, 1.54) is 5.23 Å². The van der Waals surface area contributed by atoms with Gasteiger partial charge in [0.1, 0.15) is 17.2 Å². The molecule has 245 valence electrons. The van der Waals surface area contributed by atoms with E-state index in [9.17, 15) is 14.4 Å². The highest BCUT2D eigenvalue weighted by atomic mass is 17.0. The number of hydrogen-bond donors (Lipinski definition) is 3. The number of carbonyl (C=O) groups is 3. The Hall–Kier alpha value is -2.44. The van der Waals surface area contributed by atoms with E-state index in [2.05, 4.69) is 27.9 Å². The molecule has 0 spiro atoms. The summed E-state index contributed by atoms with van der Waals surface area (Å²) in [6, 6.07) is -0.775. The lowest BCUT2D eigenvalue weighted by atomic mass is 10.1. The Morgan fingerprint density at radius 2 is 1.24 bits per heavy atom. The molecule has 0 aromatic heterocycles.